The van der Waals surface area contributed by atoms with Crippen molar-refractivity contribution in [3.63, 3.8) is 0 Å². The quantitative estimate of drug-likeness (QED) is 0.452. The van der Waals surface area contributed by atoms with Gasteiger partial charge in [0, 0.05) is 1.43 Å². The van der Waals surface area contributed by atoms with Crippen LogP contribution in [0.2, 0.25) is 0 Å². The Kier molecular flexibility index (Phi) is 9.00. The van der Waals surface area contributed by atoms with Gasteiger partial charge in [-0.25, -0.2) is 0 Å². The summed E-state index contributed by atoms with van der Waals surface area (Å²) in [6, 6.07) is 0. The molecule has 0 radical (unpaired) electrons. The van der Waals surface area contributed by atoms with E-state index in [0.29, 0.717) is 0 Å². The van der Waals surface area contributed by atoms with Crippen molar-refractivity contribution in [2.75, 3.05) is 0 Å². The summed E-state index contributed by atoms with van der Waals surface area (Å²) in [6.07, 6.45) is 11.8. The molecule has 0 aromatic carbocycles. The van der Waals surface area contributed by atoms with Crippen LogP contribution in [-0.2, 0) is 0 Å². The molecule has 17 heavy (non-hydrogen) atoms. The van der Waals surface area contributed by atoms with E-state index in [0.717, 1.165) is 23.7 Å². The Morgan fingerprint density at radius 3 is 0.706 bits per heavy atom. The van der Waals surface area contributed by atoms with E-state index in [4.69, 9.17) is 0 Å². The van der Waals surface area contributed by atoms with Gasteiger partial charge < -0.3 is 0 Å². The molecule has 0 aromatic rings. The summed E-state index contributed by atoms with van der Waals surface area (Å²) in [6.45, 7) is 9.47. The van der Waals surface area contributed by atoms with Crippen LogP contribution in [0.15, 0.2) is 0 Å². The van der Waals surface area contributed by atoms with Crippen LogP contribution >= 0.6 is 0 Å². The molecule has 0 heterocycles. The molecule has 0 aliphatic heterocycles. The maximum absolute atomic E-state index is 2.37. The van der Waals surface area contributed by atoms with Gasteiger partial charge in [0.1, 0.15) is 0 Å². The van der Waals surface area contributed by atoms with E-state index in [9.17, 15) is 0 Å². The maximum atomic E-state index is 2.37. The van der Waals surface area contributed by atoms with Crippen LogP contribution in [0.25, 0.3) is 0 Å². The molecule has 2 aliphatic rings. The summed E-state index contributed by atoms with van der Waals surface area (Å²) < 4.78 is 0. The van der Waals surface area contributed by atoms with Gasteiger partial charge in [-0.3, -0.25) is 0 Å². The molecular weight excluding hydrogens is 204 g/mol. The standard InChI is InChI=1S/2C8H16.CH4.H2/c2*1-7-3-5-8(2)6-4-7;;/h2*7-8H,3-6H2,1-2H3;1H4;1H/i;;;1+1. The Labute approximate surface area is 112 Å². The summed E-state index contributed by atoms with van der Waals surface area (Å²) >= 11 is 0. The Bertz CT molecular complexity index is 122. The maximum Gasteiger partial charge on any atom is 0 e. The van der Waals surface area contributed by atoms with Crippen LogP contribution in [-0.4, -0.2) is 0 Å². The van der Waals surface area contributed by atoms with Crippen molar-refractivity contribution in [2.45, 2.75) is 86.5 Å². The highest BCUT2D eigenvalue weighted by molar-refractivity contribution is 4.66. The lowest BCUT2D eigenvalue weighted by Crippen LogP contribution is -2.08. The van der Waals surface area contributed by atoms with Crippen molar-refractivity contribution < 1.29 is 1.43 Å². The zero-order valence-corrected chi connectivity index (χ0v) is 12.0. The zero-order valence-electron chi connectivity index (χ0n) is 12.0. The van der Waals surface area contributed by atoms with Crippen LogP contribution in [0.1, 0.15) is 87.9 Å². The largest absolute Gasteiger partial charge is 0.0776 e. The highest BCUT2D eigenvalue weighted by atomic mass is 14.2. The first-order valence-electron chi connectivity index (χ1n) is 7.58. The molecule has 2 fully saturated rings. The van der Waals surface area contributed by atoms with Gasteiger partial charge in [-0.05, 0) is 23.7 Å². The van der Waals surface area contributed by atoms with Gasteiger partial charge in [0.25, 0.3) is 0 Å². The van der Waals surface area contributed by atoms with E-state index in [1.54, 1.807) is 0 Å². The fourth-order valence-corrected chi connectivity index (χ4v) is 2.85. The number of hydrogen-bond donors (Lipinski definition) is 0. The molecule has 0 atom stereocenters. The molecule has 0 unspecified atom stereocenters. The normalized spacial score (nSPS) is 37.4. The molecule has 0 bridgehead atoms. The summed E-state index contributed by atoms with van der Waals surface area (Å²) in [5, 5.41) is 0. The Morgan fingerprint density at radius 2 is 0.588 bits per heavy atom. The van der Waals surface area contributed by atoms with Crippen LogP contribution in [0.4, 0.5) is 0 Å². The topological polar surface area (TPSA) is 0 Å². The van der Waals surface area contributed by atoms with Crippen LogP contribution < -0.4 is 0 Å². The van der Waals surface area contributed by atoms with Gasteiger partial charge >= 0.3 is 0 Å². The number of rotatable bonds is 0. The lowest BCUT2D eigenvalue weighted by Gasteiger charge is -2.22. The third-order valence-corrected chi connectivity index (χ3v) is 4.61. The summed E-state index contributed by atoms with van der Waals surface area (Å²) in [7, 11) is 0. The van der Waals surface area contributed by atoms with Gasteiger partial charge in [-0.1, -0.05) is 86.5 Å². The second-order valence-electron chi connectivity index (χ2n) is 6.73. The van der Waals surface area contributed by atoms with Crippen molar-refractivity contribution in [3.8, 4) is 0 Å². The second kappa shape index (κ2) is 9.00. The fraction of sp³-hybridized carbons (Fsp3) is 1.00. The average molecular weight is 243 g/mol. The van der Waals surface area contributed by atoms with Gasteiger partial charge in [-0.15, -0.1) is 0 Å². The third kappa shape index (κ3) is 7.84. The monoisotopic (exact) mass is 243 g/mol. The van der Waals surface area contributed by atoms with E-state index in [1.165, 1.54) is 51.4 Å². The molecule has 0 nitrogen and oxygen atoms in total. The van der Waals surface area contributed by atoms with Gasteiger partial charge in [0.2, 0.25) is 0 Å². The molecular formula is C17H38. The van der Waals surface area contributed by atoms with Crippen LogP contribution in [0, 0.1) is 23.7 Å². The molecule has 0 aromatic heterocycles. The lowest BCUT2D eigenvalue weighted by atomic mass is 9.84. The predicted molar refractivity (Wildman–Crippen MR) is 82.4 cm³/mol. The van der Waals surface area contributed by atoms with E-state index >= 15 is 0 Å². The highest BCUT2D eigenvalue weighted by Gasteiger charge is 2.13. The van der Waals surface area contributed by atoms with Gasteiger partial charge in [-0.2, -0.15) is 0 Å². The number of hydrogen-bond acceptors (Lipinski definition) is 0. The minimum absolute atomic E-state index is 0. The van der Waals surface area contributed by atoms with Gasteiger partial charge in [0.15, 0.2) is 0 Å². The zero-order chi connectivity index (χ0) is 12.0. The molecule has 0 heteroatoms. The molecule has 2 aliphatic carbocycles. The molecule has 0 spiro atoms. The van der Waals surface area contributed by atoms with E-state index < -0.39 is 0 Å². The molecule has 0 saturated heterocycles. The second-order valence-corrected chi connectivity index (χ2v) is 6.73. The molecule has 0 amide bonds. The Balaban J connectivity index is 0. The summed E-state index contributed by atoms with van der Waals surface area (Å²) in [5.41, 5.74) is 0. The first-order valence-corrected chi connectivity index (χ1v) is 7.58. The average Bonchev–Trinajstić information content (AvgIpc) is 2.28. The SMILES string of the molecule is C.CC1CCC(C)CC1.CC1CCC(C)CC1.[2HH]. The fourth-order valence-electron chi connectivity index (χ4n) is 2.85. The van der Waals surface area contributed by atoms with Crippen molar-refractivity contribution in [3.05, 3.63) is 0 Å². The third-order valence-electron chi connectivity index (χ3n) is 4.61. The molecule has 0 N–H and O–H groups in total. The van der Waals surface area contributed by atoms with Crippen LogP contribution in [0.5, 0.6) is 0 Å². The van der Waals surface area contributed by atoms with E-state index in [1.807, 2.05) is 0 Å². The summed E-state index contributed by atoms with van der Waals surface area (Å²) in [4.78, 5) is 0. The van der Waals surface area contributed by atoms with Crippen molar-refractivity contribution >= 4 is 0 Å². The van der Waals surface area contributed by atoms with E-state index in [-0.39, 0.29) is 8.85 Å². The summed E-state index contributed by atoms with van der Waals surface area (Å²) in [5.74, 6) is 4.08. The van der Waals surface area contributed by atoms with Crippen molar-refractivity contribution in [2.24, 2.45) is 23.7 Å². The van der Waals surface area contributed by atoms with Gasteiger partial charge in [0.05, 0.1) is 0 Å². The first kappa shape index (κ1) is 17.0. The van der Waals surface area contributed by atoms with Crippen LogP contribution in [0.3, 0.4) is 0 Å². The minimum Gasteiger partial charge on any atom is -0.0776 e. The first-order chi connectivity index (χ1) is 7.58. The molecule has 2 saturated carbocycles. The molecule has 2 rings (SSSR count). The van der Waals surface area contributed by atoms with Crippen molar-refractivity contribution in [1.29, 1.82) is 0 Å². The lowest BCUT2D eigenvalue weighted by molar-refractivity contribution is 0.308. The predicted octanol–water partition coefficient (Wildman–Crippen LogP) is 6.55. The highest BCUT2D eigenvalue weighted by Crippen LogP contribution is 2.27. The smallest absolute Gasteiger partial charge is 0 e. The van der Waals surface area contributed by atoms with Crippen molar-refractivity contribution in [1.82, 2.24) is 0 Å². The Morgan fingerprint density at radius 1 is 0.471 bits per heavy atom. The van der Waals surface area contributed by atoms with E-state index in [2.05, 4.69) is 27.7 Å². The Hall–Kier alpha value is 0. The molecule has 106 valence electrons. The minimum atomic E-state index is 0.